The number of methoxy groups -OCH3 is 4. The summed E-state index contributed by atoms with van der Waals surface area (Å²) in [6, 6.07) is 10.4. The minimum Gasteiger partial charge on any atom is -0.493 e. The van der Waals surface area contributed by atoms with Crippen molar-refractivity contribution in [2.24, 2.45) is 0 Å². The molecule has 2 aromatic carbocycles. The fourth-order valence-electron chi connectivity index (χ4n) is 2.69. The molecule has 0 radical (unpaired) electrons. The van der Waals surface area contributed by atoms with Crippen LogP contribution in [-0.4, -0.2) is 45.4 Å². The Morgan fingerprint density at radius 2 is 1.73 bits per heavy atom. The molecule has 0 saturated carbocycles. The van der Waals surface area contributed by atoms with Crippen LogP contribution in [0.1, 0.15) is 0 Å². The third kappa shape index (κ3) is 4.35. The second-order valence-corrected chi connectivity index (χ2v) is 5.97. The fraction of sp³-hybridized carbons (Fsp3) is 0.190. The Kier molecular flexibility index (Phi) is 6.21. The highest BCUT2D eigenvalue weighted by Gasteiger charge is 2.15. The van der Waals surface area contributed by atoms with Crippen LogP contribution in [0.3, 0.4) is 0 Å². The summed E-state index contributed by atoms with van der Waals surface area (Å²) >= 11 is 0. The lowest BCUT2D eigenvalue weighted by molar-refractivity contribution is -0.138. The van der Waals surface area contributed by atoms with Gasteiger partial charge in [-0.15, -0.1) is 0 Å². The summed E-state index contributed by atoms with van der Waals surface area (Å²) in [4.78, 5) is 27.9. The van der Waals surface area contributed by atoms with Crippen molar-refractivity contribution in [1.29, 1.82) is 0 Å². The first-order valence-electron chi connectivity index (χ1n) is 8.77. The molecule has 0 aliphatic heterocycles. The molecule has 3 aromatic rings. The number of nitrogens with zero attached hydrogens (tertiary/aromatic N) is 1. The number of nitrogens with one attached hydrogen (secondary N) is 1. The number of hydrogen-bond donors (Lipinski definition) is 1. The Morgan fingerprint density at radius 1 is 0.967 bits per heavy atom. The summed E-state index contributed by atoms with van der Waals surface area (Å²) in [7, 11) is 5.53. The Hall–Kier alpha value is -4.01. The maximum Gasteiger partial charge on any atom is 0.354 e. The first-order chi connectivity index (χ1) is 14.5. The van der Waals surface area contributed by atoms with Crippen molar-refractivity contribution in [3.05, 3.63) is 48.2 Å². The second kappa shape index (κ2) is 8.99. The molecule has 0 amide bonds. The number of rotatable bonds is 7. The Labute approximate surface area is 172 Å². The van der Waals surface area contributed by atoms with Crippen molar-refractivity contribution in [2.45, 2.75) is 0 Å². The van der Waals surface area contributed by atoms with Crippen molar-refractivity contribution in [3.8, 4) is 23.0 Å². The van der Waals surface area contributed by atoms with Gasteiger partial charge in [0, 0.05) is 11.3 Å². The van der Waals surface area contributed by atoms with E-state index in [-0.39, 0.29) is 5.70 Å². The Balaban J connectivity index is 1.93. The van der Waals surface area contributed by atoms with Gasteiger partial charge in [-0.3, -0.25) is 0 Å². The monoisotopic (exact) mass is 412 g/mol. The molecule has 3 rings (SSSR count). The number of carbonyl (C=O) groups excluding carboxylic acids is 2. The SMILES string of the molecule is COC(=O)/C=C(/Nc1ccc2oc(-c3ccc(OC)c(OC)c3)nc2c1)C(=O)OC. The van der Waals surface area contributed by atoms with E-state index in [9.17, 15) is 9.59 Å². The number of anilines is 1. The van der Waals surface area contributed by atoms with E-state index in [2.05, 4.69) is 19.8 Å². The Bertz CT molecular complexity index is 1120. The first kappa shape index (κ1) is 20.7. The fourth-order valence-corrected chi connectivity index (χ4v) is 2.69. The van der Waals surface area contributed by atoms with E-state index < -0.39 is 11.9 Å². The largest absolute Gasteiger partial charge is 0.493 e. The van der Waals surface area contributed by atoms with Gasteiger partial charge in [0.05, 0.1) is 34.5 Å². The highest BCUT2D eigenvalue weighted by molar-refractivity contribution is 5.99. The molecule has 9 nitrogen and oxygen atoms in total. The number of fused-ring (bicyclic) bond motifs is 1. The number of hydrogen-bond acceptors (Lipinski definition) is 9. The van der Waals surface area contributed by atoms with Crippen LogP contribution in [0, 0.1) is 0 Å². The van der Waals surface area contributed by atoms with Gasteiger partial charge in [0.25, 0.3) is 0 Å². The molecular formula is C21H20N2O7. The third-order valence-electron chi connectivity index (χ3n) is 4.17. The van der Waals surface area contributed by atoms with Crippen molar-refractivity contribution in [1.82, 2.24) is 4.98 Å². The van der Waals surface area contributed by atoms with Gasteiger partial charge >= 0.3 is 11.9 Å². The minimum absolute atomic E-state index is 0.0766. The summed E-state index contributed by atoms with van der Waals surface area (Å²) in [6.07, 6.45) is 1.01. The first-order valence-corrected chi connectivity index (χ1v) is 8.77. The average molecular weight is 412 g/mol. The van der Waals surface area contributed by atoms with Crippen LogP contribution in [0.4, 0.5) is 5.69 Å². The van der Waals surface area contributed by atoms with E-state index in [4.69, 9.17) is 13.9 Å². The van der Waals surface area contributed by atoms with Gasteiger partial charge in [0.1, 0.15) is 11.2 Å². The smallest absolute Gasteiger partial charge is 0.354 e. The molecule has 0 aliphatic rings. The molecule has 0 aliphatic carbocycles. The molecular weight excluding hydrogens is 392 g/mol. The van der Waals surface area contributed by atoms with Crippen molar-refractivity contribution in [3.63, 3.8) is 0 Å². The number of ether oxygens (including phenoxy) is 4. The lowest BCUT2D eigenvalue weighted by Gasteiger charge is -2.08. The molecule has 156 valence electrons. The lowest BCUT2D eigenvalue weighted by atomic mass is 10.2. The molecule has 0 unspecified atom stereocenters. The van der Waals surface area contributed by atoms with Crippen LogP contribution >= 0.6 is 0 Å². The third-order valence-corrected chi connectivity index (χ3v) is 4.17. The summed E-state index contributed by atoms with van der Waals surface area (Å²) in [5.74, 6) is 0.126. The highest BCUT2D eigenvalue weighted by atomic mass is 16.5. The predicted octanol–water partition coefficient (Wildman–Crippen LogP) is 3.15. The maximum atomic E-state index is 11.9. The van der Waals surface area contributed by atoms with E-state index in [0.29, 0.717) is 39.7 Å². The van der Waals surface area contributed by atoms with Crippen molar-refractivity contribution >= 4 is 28.7 Å². The molecule has 0 fully saturated rings. The highest BCUT2D eigenvalue weighted by Crippen LogP contribution is 2.33. The lowest BCUT2D eigenvalue weighted by Crippen LogP contribution is -2.15. The van der Waals surface area contributed by atoms with Crippen LogP contribution in [0.2, 0.25) is 0 Å². The van der Waals surface area contributed by atoms with Gasteiger partial charge in [0.2, 0.25) is 5.89 Å². The molecule has 1 heterocycles. The standard InChI is InChI=1S/C21H20N2O7/c1-26-17-7-5-12(9-18(17)27-2)20-23-14-10-13(6-8-16(14)30-20)22-15(21(25)29-4)11-19(24)28-3/h5-11,22H,1-4H3/b15-11+. The van der Waals surface area contributed by atoms with Gasteiger partial charge in [-0.2, -0.15) is 0 Å². The zero-order valence-electron chi connectivity index (χ0n) is 16.8. The molecule has 0 saturated heterocycles. The molecule has 0 atom stereocenters. The van der Waals surface area contributed by atoms with E-state index in [1.54, 1.807) is 50.6 Å². The van der Waals surface area contributed by atoms with E-state index in [1.165, 1.54) is 14.2 Å². The molecule has 1 aromatic heterocycles. The number of esters is 2. The summed E-state index contributed by atoms with van der Waals surface area (Å²) in [5.41, 5.74) is 2.23. The van der Waals surface area contributed by atoms with Gasteiger partial charge in [-0.1, -0.05) is 0 Å². The zero-order valence-corrected chi connectivity index (χ0v) is 16.8. The molecule has 0 spiro atoms. The summed E-state index contributed by atoms with van der Waals surface area (Å²) < 4.78 is 25.6. The number of benzene rings is 2. The van der Waals surface area contributed by atoms with Crippen LogP contribution in [0.15, 0.2) is 52.6 Å². The maximum absolute atomic E-state index is 11.9. The topological polar surface area (TPSA) is 109 Å². The molecule has 30 heavy (non-hydrogen) atoms. The zero-order chi connectivity index (χ0) is 21.7. The summed E-state index contributed by atoms with van der Waals surface area (Å²) in [6.45, 7) is 0. The average Bonchev–Trinajstić information content (AvgIpc) is 3.20. The minimum atomic E-state index is -0.716. The van der Waals surface area contributed by atoms with Gasteiger partial charge in [-0.25, -0.2) is 14.6 Å². The van der Waals surface area contributed by atoms with Crippen LogP contribution < -0.4 is 14.8 Å². The van der Waals surface area contributed by atoms with Crippen LogP contribution in [0.25, 0.3) is 22.6 Å². The number of oxazole rings is 1. The quantitative estimate of drug-likeness (QED) is 0.462. The van der Waals surface area contributed by atoms with Gasteiger partial charge in [0.15, 0.2) is 17.1 Å². The predicted molar refractivity (Wildman–Crippen MR) is 108 cm³/mol. The van der Waals surface area contributed by atoms with Crippen LogP contribution in [-0.2, 0) is 19.1 Å². The van der Waals surface area contributed by atoms with Gasteiger partial charge in [-0.05, 0) is 36.4 Å². The van der Waals surface area contributed by atoms with E-state index in [0.717, 1.165) is 6.08 Å². The van der Waals surface area contributed by atoms with Crippen LogP contribution in [0.5, 0.6) is 11.5 Å². The molecule has 9 heteroatoms. The molecule has 0 bridgehead atoms. The number of aromatic nitrogens is 1. The van der Waals surface area contributed by atoms with Crippen molar-refractivity contribution < 1.29 is 33.0 Å². The van der Waals surface area contributed by atoms with Gasteiger partial charge < -0.3 is 28.7 Å². The number of carbonyl (C=O) groups is 2. The second-order valence-electron chi connectivity index (χ2n) is 5.97. The van der Waals surface area contributed by atoms with Crippen molar-refractivity contribution in [2.75, 3.05) is 33.8 Å². The van der Waals surface area contributed by atoms with E-state index >= 15 is 0 Å². The Morgan fingerprint density at radius 3 is 2.40 bits per heavy atom. The van der Waals surface area contributed by atoms with E-state index in [1.807, 2.05) is 0 Å². The summed E-state index contributed by atoms with van der Waals surface area (Å²) in [5, 5.41) is 2.84. The normalized spacial score (nSPS) is 11.1. The molecule has 1 N–H and O–H groups in total.